The number of hydrogen-bond acceptors (Lipinski definition) is 2. The Bertz CT molecular complexity index is 893. The first-order chi connectivity index (χ1) is 12.7. The van der Waals surface area contributed by atoms with Gasteiger partial charge in [-0.25, -0.2) is 0 Å². The maximum atomic E-state index is 12.9. The van der Waals surface area contributed by atoms with E-state index in [0.717, 1.165) is 42.5 Å². The second-order valence-electron chi connectivity index (χ2n) is 6.94. The van der Waals surface area contributed by atoms with Crippen LogP contribution in [0.25, 0.3) is 10.9 Å². The van der Waals surface area contributed by atoms with Crippen LogP contribution in [0.5, 0.6) is 0 Å². The van der Waals surface area contributed by atoms with E-state index in [1.807, 2.05) is 52.9 Å². The van der Waals surface area contributed by atoms with Gasteiger partial charge < -0.3 is 14.2 Å². The van der Waals surface area contributed by atoms with Gasteiger partial charge in [0, 0.05) is 31.0 Å². The van der Waals surface area contributed by atoms with E-state index in [-0.39, 0.29) is 12.0 Å². The van der Waals surface area contributed by atoms with Crippen LogP contribution in [-0.4, -0.2) is 34.6 Å². The summed E-state index contributed by atoms with van der Waals surface area (Å²) in [6, 6.07) is 20.4. The molecule has 1 aliphatic rings. The molecule has 0 atom stereocenters. The van der Waals surface area contributed by atoms with Crippen LogP contribution >= 0.6 is 0 Å². The number of piperidine rings is 1. The van der Waals surface area contributed by atoms with Gasteiger partial charge in [0.2, 0.25) is 0 Å². The van der Waals surface area contributed by atoms with Crippen LogP contribution in [0.3, 0.4) is 0 Å². The van der Waals surface area contributed by atoms with E-state index >= 15 is 0 Å². The van der Waals surface area contributed by atoms with Crippen LogP contribution in [-0.2, 0) is 18.4 Å². The molecule has 2 aromatic carbocycles. The Balaban J connectivity index is 1.36. The van der Waals surface area contributed by atoms with Crippen LogP contribution in [0.4, 0.5) is 0 Å². The molecule has 0 radical (unpaired) electrons. The fourth-order valence-corrected chi connectivity index (χ4v) is 3.67. The topological polar surface area (TPSA) is 34.5 Å². The van der Waals surface area contributed by atoms with Crippen molar-refractivity contribution in [2.75, 3.05) is 13.1 Å². The zero-order chi connectivity index (χ0) is 17.9. The number of likely N-dealkylation sites (tertiary alicyclic amines) is 1. The Labute approximate surface area is 154 Å². The molecule has 2 heterocycles. The second-order valence-corrected chi connectivity index (χ2v) is 6.94. The van der Waals surface area contributed by atoms with E-state index in [1.165, 1.54) is 5.56 Å². The van der Waals surface area contributed by atoms with Gasteiger partial charge in [-0.2, -0.15) is 0 Å². The van der Waals surface area contributed by atoms with Gasteiger partial charge in [0.25, 0.3) is 5.91 Å². The molecule has 26 heavy (non-hydrogen) atoms. The predicted molar refractivity (Wildman–Crippen MR) is 103 cm³/mol. The Morgan fingerprint density at radius 3 is 2.46 bits per heavy atom. The average Bonchev–Trinajstić information content (AvgIpc) is 3.04. The summed E-state index contributed by atoms with van der Waals surface area (Å²) in [7, 11) is 1.96. The Kier molecular flexibility index (Phi) is 4.76. The van der Waals surface area contributed by atoms with Gasteiger partial charge in [0.1, 0.15) is 5.69 Å². The highest BCUT2D eigenvalue weighted by Crippen LogP contribution is 2.22. The predicted octanol–water partition coefficient (Wildman–Crippen LogP) is 4.00. The van der Waals surface area contributed by atoms with Gasteiger partial charge in [-0.1, -0.05) is 48.5 Å². The van der Waals surface area contributed by atoms with Crippen molar-refractivity contribution in [2.24, 2.45) is 7.05 Å². The third kappa shape index (κ3) is 3.37. The zero-order valence-corrected chi connectivity index (χ0v) is 15.1. The maximum absolute atomic E-state index is 12.9. The molecule has 134 valence electrons. The molecule has 1 saturated heterocycles. The lowest BCUT2D eigenvalue weighted by atomic mass is 10.1. The molecule has 1 aliphatic heterocycles. The third-order valence-corrected chi connectivity index (χ3v) is 5.23. The molecule has 0 aliphatic carbocycles. The summed E-state index contributed by atoms with van der Waals surface area (Å²) in [5.74, 6) is 0.116. The molecule has 0 bridgehead atoms. The van der Waals surface area contributed by atoms with Crippen molar-refractivity contribution in [3.63, 3.8) is 0 Å². The van der Waals surface area contributed by atoms with Crippen molar-refractivity contribution in [1.29, 1.82) is 0 Å². The number of fused-ring (bicyclic) bond motifs is 1. The molecule has 1 amide bonds. The summed E-state index contributed by atoms with van der Waals surface area (Å²) in [6.45, 7) is 2.14. The minimum atomic E-state index is 0.116. The highest BCUT2D eigenvalue weighted by Gasteiger charge is 2.26. The van der Waals surface area contributed by atoms with Crippen LogP contribution < -0.4 is 0 Å². The van der Waals surface area contributed by atoms with Gasteiger partial charge in [-0.15, -0.1) is 0 Å². The van der Waals surface area contributed by atoms with E-state index in [0.29, 0.717) is 6.61 Å². The lowest BCUT2D eigenvalue weighted by Crippen LogP contribution is -2.41. The number of nitrogens with zero attached hydrogens (tertiary/aromatic N) is 2. The van der Waals surface area contributed by atoms with Crippen molar-refractivity contribution in [1.82, 2.24) is 9.47 Å². The molecule has 0 saturated carbocycles. The minimum Gasteiger partial charge on any atom is -0.373 e. The summed E-state index contributed by atoms with van der Waals surface area (Å²) in [6.07, 6.45) is 2.01. The van der Waals surface area contributed by atoms with Crippen molar-refractivity contribution in [3.8, 4) is 0 Å². The monoisotopic (exact) mass is 348 g/mol. The van der Waals surface area contributed by atoms with E-state index in [2.05, 4.69) is 24.3 Å². The highest BCUT2D eigenvalue weighted by molar-refractivity contribution is 5.98. The number of rotatable bonds is 4. The largest absolute Gasteiger partial charge is 0.373 e. The lowest BCUT2D eigenvalue weighted by Gasteiger charge is -2.32. The third-order valence-electron chi connectivity index (χ3n) is 5.23. The molecule has 4 rings (SSSR count). The van der Waals surface area contributed by atoms with Gasteiger partial charge >= 0.3 is 0 Å². The quantitative estimate of drug-likeness (QED) is 0.714. The van der Waals surface area contributed by atoms with Gasteiger partial charge in [0.15, 0.2) is 0 Å². The lowest BCUT2D eigenvalue weighted by molar-refractivity contribution is -0.000572. The molecule has 4 heteroatoms. The van der Waals surface area contributed by atoms with Crippen LogP contribution in [0.15, 0.2) is 60.7 Å². The summed E-state index contributed by atoms with van der Waals surface area (Å²) in [4.78, 5) is 14.9. The smallest absolute Gasteiger partial charge is 0.270 e. The van der Waals surface area contributed by atoms with Gasteiger partial charge in [-0.3, -0.25) is 4.79 Å². The second kappa shape index (κ2) is 7.34. The number of benzene rings is 2. The Morgan fingerprint density at radius 2 is 1.73 bits per heavy atom. The van der Waals surface area contributed by atoms with Crippen LogP contribution in [0, 0.1) is 0 Å². The normalized spacial score (nSPS) is 15.5. The summed E-state index contributed by atoms with van der Waals surface area (Å²) in [5, 5.41) is 1.11. The molecule has 0 spiro atoms. The summed E-state index contributed by atoms with van der Waals surface area (Å²) >= 11 is 0. The molecule has 3 aromatic rings. The van der Waals surface area contributed by atoms with Gasteiger partial charge in [0.05, 0.1) is 12.7 Å². The first-order valence-electron chi connectivity index (χ1n) is 9.21. The number of hydrogen-bond donors (Lipinski definition) is 0. The summed E-state index contributed by atoms with van der Waals surface area (Å²) < 4.78 is 8.03. The Morgan fingerprint density at radius 1 is 1.04 bits per heavy atom. The molecule has 1 fully saturated rings. The van der Waals surface area contributed by atoms with Gasteiger partial charge in [-0.05, 0) is 30.5 Å². The number of carbonyl (C=O) groups is 1. The van der Waals surface area contributed by atoms with E-state index in [4.69, 9.17) is 4.74 Å². The van der Waals surface area contributed by atoms with E-state index < -0.39 is 0 Å². The van der Waals surface area contributed by atoms with E-state index in [9.17, 15) is 4.79 Å². The fraction of sp³-hybridized carbons (Fsp3) is 0.318. The highest BCUT2D eigenvalue weighted by atomic mass is 16.5. The van der Waals surface area contributed by atoms with Crippen LogP contribution in [0.2, 0.25) is 0 Å². The number of carbonyl (C=O) groups excluding carboxylic acids is 1. The van der Waals surface area contributed by atoms with Crippen molar-refractivity contribution >= 4 is 16.8 Å². The van der Waals surface area contributed by atoms with E-state index in [1.54, 1.807) is 0 Å². The van der Waals surface area contributed by atoms with Crippen molar-refractivity contribution in [2.45, 2.75) is 25.6 Å². The number of aromatic nitrogens is 1. The van der Waals surface area contributed by atoms with Crippen molar-refractivity contribution in [3.05, 3.63) is 71.9 Å². The van der Waals surface area contributed by atoms with Crippen molar-refractivity contribution < 1.29 is 9.53 Å². The number of aryl methyl sites for hydroxylation is 1. The average molecular weight is 348 g/mol. The van der Waals surface area contributed by atoms with Crippen LogP contribution in [0.1, 0.15) is 28.9 Å². The minimum absolute atomic E-state index is 0.116. The molecule has 0 unspecified atom stereocenters. The number of ether oxygens (including phenoxy) is 1. The first kappa shape index (κ1) is 16.9. The molecular weight excluding hydrogens is 324 g/mol. The first-order valence-corrected chi connectivity index (χ1v) is 9.21. The fourth-order valence-electron chi connectivity index (χ4n) is 3.67. The zero-order valence-electron chi connectivity index (χ0n) is 15.1. The number of para-hydroxylation sites is 1. The summed E-state index contributed by atoms with van der Waals surface area (Å²) in [5.41, 5.74) is 3.05. The molecular formula is C22H24N2O2. The SMILES string of the molecule is Cn1c(C(=O)N2CCC(OCc3ccccc3)CC2)cc2ccccc21. The molecule has 0 N–H and O–H groups in total. The maximum Gasteiger partial charge on any atom is 0.270 e. The molecule has 4 nitrogen and oxygen atoms in total. The molecule has 1 aromatic heterocycles. The number of amides is 1. The standard InChI is InChI=1S/C22H24N2O2/c1-23-20-10-6-5-9-18(20)15-21(23)22(25)24-13-11-19(12-14-24)26-16-17-7-3-2-4-8-17/h2-10,15,19H,11-14,16H2,1H3. The Hall–Kier alpha value is -2.59.